The number of nitrogens with zero attached hydrogens (tertiary/aromatic N) is 3. The van der Waals surface area contributed by atoms with Crippen molar-refractivity contribution in [3.63, 3.8) is 0 Å². The van der Waals surface area contributed by atoms with Gasteiger partial charge in [-0.05, 0) is 50.6 Å². The minimum atomic E-state index is -0.630. The number of esters is 1. The summed E-state index contributed by atoms with van der Waals surface area (Å²) in [5, 5.41) is 4.43. The average Bonchev–Trinajstić information content (AvgIpc) is 3.11. The Balaban J connectivity index is 1.61. The van der Waals surface area contributed by atoms with E-state index in [9.17, 15) is 14.0 Å². The van der Waals surface area contributed by atoms with Crippen molar-refractivity contribution in [2.45, 2.75) is 38.1 Å². The third-order valence-electron chi connectivity index (χ3n) is 4.85. The molecule has 7 nitrogen and oxygen atoms in total. The standard InChI is InChI=1S/C23H24FN3O4S/c1-4-27(12-17-7-5-8-18(24)11-17)21(28)13-30-23(29)19-9-6-10-25-22(19)32-14-20-15(2)26-31-16(20)3/h5-11H,4,12-14H2,1-3H3. The molecule has 0 aliphatic carbocycles. The number of ether oxygens (including phenoxy) is 1. The van der Waals surface area contributed by atoms with Crippen LogP contribution in [0.15, 0.2) is 52.1 Å². The lowest BCUT2D eigenvalue weighted by Crippen LogP contribution is -2.34. The number of halogens is 1. The lowest BCUT2D eigenvalue weighted by Gasteiger charge is -2.21. The van der Waals surface area contributed by atoms with Gasteiger partial charge in [0.25, 0.3) is 5.91 Å². The molecule has 1 aromatic carbocycles. The van der Waals surface area contributed by atoms with Gasteiger partial charge in [0.05, 0.1) is 11.3 Å². The third kappa shape index (κ3) is 5.94. The second-order valence-corrected chi connectivity index (χ2v) is 8.03. The third-order valence-corrected chi connectivity index (χ3v) is 5.88. The first-order valence-electron chi connectivity index (χ1n) is 10.1. The maximum atomic E-state index is 13.4. The van der Waals surface area contributed by atoms with E-state index in [1.54, 1.807) is 30.5 Å². The first kappa shape index (κ1) is 23.5. The Kier molecular flexibility index (Phi) is 7.99. The molecule has 0 fully saturated rings. The first-order chi connectivity index (χ1) is 15.4. The largest absolute Gasteiger partial charge is 0.452 e. The number of pyridine rings is 1. The number of rotatable bonds is 9. The van der Waals surface area contributed by atoms with Gasteiger partial charge in [0.1, 0.15) is 16.6 Å². The fourth-order valence-electron chi connectivity index (χ4n) is 3.04. The van der Waals surface area contributed by atoms with Gasteiger partial charge in [0.15, 0.2) is 6.61 Å². The molecule has 168 valence electrons. The van der Waals surface area contributed by atoms with E-state index in [1.807, 2.05) is 20.8 Å². The molecule has 3 rings (SSSR count). The molecule has 32 heavy (non-hydrogen) atoms. The lowest BCUT2D eigenvalue weighted by atomic mass is 10.2. The summed E-state index contributed by atoms with van der Waals surface area (Å²) in [7, 11) is 0. The molecule has 0 spiro atoms. The SMILES string of the molecule is CCN(Cc1cccc(F)c1)C(=O)COC(=O)c1cccnc1SCc1c(C)noc1C. The zero-order chi connectivity index (χ0) is 23.1. The summed E-state index contributed by atoms with van der Waals surface area (Å²) in [6.45, 7) is 5.72. The molecular weight excluding hydrogens is 433 g/mol. The van der Waals surface area contributed by atoms with Crippen molar-refractivity contribution < 1.29 is 23.2 Å². The maximum absolute atomic E-state index is 13.4. The number of aryl methyl sites for hydroxylation is 2. The molecule has 3 aromatic rings. The Bertz CT molecular complexity index is 1080. The molecule has 0 atom stereocenters. The van der Waals surface area contributed by atoms with Gasteiger partial charge in [-0.25, -0.2) is 14.2 Å². The van der Waals surface area contributed by atoms with Crippen molar-refractivity contribution in [1.29, 1.82) is 0 Å². The zero-order valence-corrected chi connectivity index (χ0v) is 18.9. The summed E-state index contributed by atoms with van der Waals surface area (Å²) in [5.74, 6) is -0.100. The van der Waals surface area contributed by atoms with E-state index in [-0.39, 0.29) is 23.8 Å². The molecular formula is C23H24FN3O4S. The van der Waals surface area contributed by atoms with E-state index in [4.69, 9.17) is 9.26 Å². The summed E-state index contributed by atoms with van der Waals surface area (Å²) >= 11 is 1.37. The van der Waals surface area contributed by atoms with Crippen molar-refractivity contribution in [3.05, 3.63) is 76.6 Å². The number of carbonyl (C=O) groups excluding carboxylic acids is 2. The Morgan fingerprint density at radius 2 is 2.03 bits per heavy atom. The molecule has 0 unspecified atom stereocenters. The molecule has 1 amide bonds. The highest BCUT2D eigenvalue weighted by atomic mass is 32.2. The van der Waals surface area contributed by atoms with E-state index in [2.05, 4.69) is 10.1 Å². The van der Waals surface area contributed by atoms with Crippen LogP contribution < -0.4 is 0 Å². The van der Waals surface area contributed by atoms with Gasteiger partial charge in [0.2, 0.25) is 0 Å². The van der Waals surface area contributed by atoms with Crippen LogP contribution >= 0.6 is 11.8 Å². The lowest BCUT2D eigenvalue weighted by molar-refractivity contribution is -0.135. The second kappa shape index (κ2) is 10.9. The summed E-state index contributed by atoms with van der Waals surface area (Å²) in [6, 6.07) is 9.30. The van der Waals surface area contributed by atoms with Gasteiger partial charge in [0, 0.05) is 30.6 Å². The van der Waals surface area contributed by atoms with Crippen LogP contribution in [0, 0.1) is 19.7 Å². The van der Waals surface area contributed by atoms with E-state index >= 15 is 0 Å². The predicted molar refractivity (Wildman–Crippen MR) is 118 cm³/mol. The number of carbonyl (C=O) groups is 2. The van der Waals surface area contributed by atoms with Gasteiger partial charge in [-0.3, -0.25) is 4.79 Å². The van der Waals surface area contributed by atoms with E-state index in [1.165, 1.54) is 28.8 Å². The predicted octanol–water partition coefficient (Wildman–Crippen LogP) is 4.32. The van der Waals surface area contributed by atoms with Crippen molar-refractivity contribution in [3.8, 4) is 0 Å². The Morgan fingerprint density at radius 3 is 2.72 bits per heavy atom. The number of thioether (sulfide) groups is 1. The fourth-order valence-corrected chi connectivity index (χ4v) is 4.17. The number of hydrogen-bond acceptors (Lipinski definition) is 7. The Labute approximate surface area is 190 Å². The number of amides is 1. The number of hydrogen-bond donors (Lipinski definition) is 0. The molecule has 2 heterocycles. The van der Waals surface area contributed by atoms with Gasteiger partial charge in [-0.15, -0.1) is 11.8 Å². The van der Waals surface area contributed by atoms with Gasteiger partial charge in [-0.1, -0.05) is 17.3 Å². The van der Waals surface area contributed by atoms with Gasteiger partial charge < -0.3 is 14.2 Å². The van der Waals surface area contributed by atoms with Crippen LogP contribution in [0.1, 0.15) is 39.9 Å². The van der Waals surface area contributed by atoms with Crippen LogP contribution in [-0.4, -0.2) is 40.1 Å². The van der Waals surface area contributed by atoms with Crippen molar-refractivity contribution in [1.82, 2.24) is 15.0 Å². The summed E-state index contributed by atoms with van der Waals surface area (Å²) in [4.78, 5) is 31.0. The van der Waals surface area contributed by atoms with Crippen LogP contribution in [-0.2, 0) is 21.8 Å². The zero-order valence-electron chi connectivity index (χ0n) is 18.1. The summed E-state index contributed by atoms with van der Waals surface area (Å²) in [6.07, 6.45) is 1.59. The van der Waals surface area contributed by atoms with E-state index in [0.29, 0.717) is 22.9 Å². The normalized spacial score (nSPS) is 10.8. The van der Waals surface area contributed by atoms with Crippen LogP contribution in [0.5, 0.6) is 0 Å². The molecule has 0 saturated carbocycles. The quantitative estimate of drug-likeness (QED) is 0.349. The molecule has 9 heteroatoms. The monoisotopic (exact) mass is 457 g/mol. The van der Waals surface area contributed by atoms with Crippen LogP contribution in [0.4, 0.5) is 4.39 Å². The highest BCUT2D eigenvalue weighted by Gasteiger charge is 2.19. The topological polar surface area (TPSA) is 85.5 Å². The van der Waals surface area contributed by atoms with Crippen molar-refractivity contribution in [2.75, 3.05) is 13.2 Å². The fraction of sp³-hybridized carbons (Fsp3) is 0.304. The van der Waals surface area contributed by atoms with Gasteiger partial charge >= 0.3 is 5.97 Å². The summed E-state index contributed by atoms with van der Waals surface area (Å²) < 4.78 is 23.9. The van der Waals surface area contributed by atoms with Crippen LogP contribution in [0.25, 0.3) is 0 Å². The molecule has 0 radical (unpaired) electrons. The average molecular weight is 458 g/mol. The molecule has 0 aliphatic rings. The minimum absolute atomic E-state index is 0.232. The molecule has 0 N–H and O–H groups in total. The number of aromatic nitrogens is 2. The van der Waals surface area contributed by atoms with E-state index < -0.39 is 12.6 Å². The Hall–Kier alpha value is -3.20. The highest BCUT2D eigenvalue weighted by molar-refractivity contribution is 7.98. The van der Waals surface area contributed by atoms with Crippen LogP contribution in [0.3, 0.4) is 0 Å². The molecule has 2 aromatic heterocycles. The van der Waals surface area contributed by atoms with Crippen molar-refractivity contribution >= 4 is 23.6 Å². The van der Waals surface area contributed by atoms with Crippen molar-refractivity contribution in [2.24, 2.45) is 0 Å². The molecule has 0 aliphatic heterocycles. The second-order valence-electron chi connectivity index (χ2n) is 7.06. The first-order valence-corrected chi connectivity index (χ1v) is 11.1. The number of benzene rings is 1. The van der Waals surface area contributed by atoms with Gasteiger partial charge in [-0.2, -0.15) is 0 Å². The molecule has 0 saturated heterocycles. The van der Waals surface area contributed by atoms with E-state index in [0.717, 1.165) is 17.0 Å². The Morgan fingerprint density at radius 1 is 1.22 bits per heavy atom. The molecule has 0 bridgehead atoms. The minimum Gasteiger partial charge on any atom is -0.452 e. The summed E-state index contributed by atoms with van der Waals surface area (Å²) in [5.41, 5.74) is 2.69. The maximum Gasteiger partial charge on any atom is 0.341 e. The number of likely N-dealkylation sites (N-methyl/N-ethyl adjacent to an activating group) is 1. The smallest absolute Gasteiger partial charge is 0.341 e. The van der Waals surface area contributed by atoms with Crippen LogP contribution in [0.2, 0.25) is 0 Å². The highest BCUT2D eigenvalue weighted by Crippen LogP contribution is 2.27.